The number of halogens is 1. The molecule has 3 heterocycles. The van der Waals surface area contributed by atoms with Crippen molar-refractivity contribution in [1.82, 2.24) is 20.6 Å². The summed E-state index contributed by atoms with van der Waals surface area (Å²) in [5.41, 5.74) is 1.61. The third-order valence-corrected chi connectivity index (χ3v) is 4.67. The number of fused-ring (bicyclic) bond motifs is 1. The van der Waals surface area contributed by atoms with Gasteiger partial charge in [-0.1, -0.05) is 12.8 Å². The number of hydrogen-bond acceptors (Lipinski definition) is 5. The number of H-pyrrole nitrogens is 1. The van der Waals surface area contributed by atoms with E-state index in [1.807, 2.05) is 18.3 Å². The maximum atomic E-state index is 14.2. The second kappa shape index (κ2) is 6.33. The Morgan fingerprint density at radius 3 is 3.04 bits per heavy atom. The SMILES string of the molecule is OC1CCCCC1NC1N=C(c2c[nH]c3ncccc23)NC=C1F. The van der Waals surface area contributed by atoms with Crippen LogP contribution in [0.1, 0.15) is 31.2 Å². The van der Waals surface area contributed by atoms with E-state index in [-0.39, 0.29) is 11.9 Å². The molecule has 0 aromatic carbocycles. The molecule has 0 radical (unpaired) electrons. The van der Waals surface area contributed by atoms with Gasteiger partial charge in [-0.3, -0.25) is 5.32 Å². The number of rotatable bonds is 3. The minimum Gasteiger partial charge on any atom is -0.392 e. The highest BCUT2D eigenvalue weighted by Gasteiger charge is 2.29. The van der Waals surface area contributed by atoms with E-state index in [9.17, 15) is 9.50 Å². The predicted octanol–water partition coefficient (Wildman–Crippen LogP) is 1.94. The van der Waals surface area contributed by atoms with Crippen LogP contribution in [0.3, 0.4) is 0 Å². The molecule has 4 N–H and O–H groups in total. The van der Waals surface area contributed by atoms with Gasteiger partial charge in [-0.15, -0.1) is 0 Å². The normalized spacial score (nSPS) is 27.5. The first-order chi connectivity index (χ1) is 11.7. The predicted molar refractivity (Wildman–Crippen MR) is 90.1 cm³/mol. The van der Waals surface area contributed by atoms with Gasteiger partial charge >= 0.3 is 0 Å². The Bertz CT molecular complexity index is 799. The standard InChI is InChI=1S/C17H20FN5O/c18-12-9-21-16(11-8-20-15-10(11)4-3-7-19-15)23-17(12)22-13-5-1-2-6-14(13)24/h3-4,7-9,13-14,17,22,24H,1-2,5-6H2,(H,19,20)(H,21,23). The number of hydrogen-bond donors (Lipinski definition) is 4. The molecule has 3 unspecified atom stereocenters. The van der Waals surface area contributed by atoms with Crippen LogP contribution in [0.4, 0.5) is 4.39 Å². The van der Waals surface area contributed by atoms with Crippen molar-refractivity contribution in [2.75, 3.05) is 0 Å². The van der Waals surface area contributed by atoms with Crippen LogP contribution in [0.15, 0.2) is 41.5 Å². The van der Waals surface area contributed by atoms with Crippen LogP contribution >= 0.6 is 0 Å². The highest BCUT2D eigenvalue weighted by Crippen LogP contribution is 2.23. The van der Waals surface area contributed by atoms with Crippen molar-refractivity contribution in [1.29, 1.82) is 0 Å². The monoisotopic (exact) mass is 329 g/mol. The second-order valence-corrected chi connectivity index (χ2v) is 6.28. The third kappa shape index (κ3) is 2.81. The lowest BCUT2D eigenvalue weighted by Crippen LogP contribution is -2.48. The first-order valence-corrected chi connectivity index (χ1v) is 8.29. The zero-order valence-electron chi connectivity index (χ0n) is 13.2. The van der Waals surface area contributed by atoms with E-state index >= 15 is 0 Å². The van der Waals surface area contributed by atoms with E-state index in [1.54, 1.807) is 6.20 Å². The fraction of sp³-hybridized carbons (Fsp3) is 0.412. The molecule has 1 aliphatic heterocycles. The molecule has 0 saturated heterocycles. The van der Waals surface area contributed by atoms with Crippen molar-refractivity contribution in [3.05, 3.63) is 42.1 Å². The molecule has 0 bridgehead atoms. The third-order valence-electron chi connectivity index (χ3n) is 4.67. The van der Waals surface area contributed by atoms with E-state index in [0.717, 1.165) is 42.3 Å². The smallest absolute Gasteiger partial charge is 0.156 e. The van der Waals surface area contributed by atoms with E-state index in [1.165, 1.54) is 6.20 Å². The lowest BCUT2D eigenvalue weighted by Gasteiger charge is -2.31. The lowest BCUT2D eigenvalue weighted by molar-refractivity contribution is 0.0860. The molecular formula is C17H20FN5O. The summed E-state index contributed by atoms with van der Waals surface area (Å²) in [6, 6.07) is 3.67. The van der Waals surface area contributed by atoms with Crippen LogP contribution in [0.2, 0.25) is 0 Å². The summed E-state index contributed by atoms with van der Waals surface area (Å²) >= 11 is 0. The largest absolute Gasteiger partial charge is 0.392 e. The minimum absolute atomic E-state index is 0.129. The summed E-state index contributed by atoms with van der Waals surface area (Å²) in [6.07, 6.45) is 7.26. The molecule has 1 saturated carbocycles. The van der Waals surface area contributed by atoms with E-state index < -0.39 is 12.3 Å². The summed E-state index contributed by atoms with van der Waals surface area (Å²) in [5.74, 6) is 0.202. The minimum atomic E-state index is -0.777. The Morgan fingerprint density at radius 2 is 2.17 bits per heavy atom. The van der Waals surface area contributed by atoms with Gasteiger partial charge in [-0.25, -0.2) is 14.4 Å². The topological polar surface area (TPSA) is 85.3 Å². The first kappa shape index (κ1) is 15.3. The molecule has 1 fully saturated rings. The first-order valence-electron chi connectivity index (χ1n) is 8.29. The molecule has 0 amide bonds. The zero-order chi connectivity index (χ0) is 16.5. The Hall–Kier alpha value is -2.25. The van der Waals surface area contributed by atoms with Crippen LogP contribution in [0.5, 0.6) is 0 Å². The van der Waals surface area contributed by atoms with Gasteiger partial charge in [0.05, 0.1) is 6.10 Å². The molecule has 7 heteroatoms. The number of aliphatic imine (C=N–C) groups is 1. The molecule has 0 spiro atoms. The zero-order valence-corrected chi connectivity index (χ0v) is 13.2. The Morgan fingerprint density at radius 1 is 1.29 bits per heavy atom. The molecule has 3 atom stereocenters. The molecule has 2 aromatic heterocycles. The highest BCUT2D eigenvalue weighted by atomic mass is 19.1. The van der Waals surface area contributed by atoms with Crippen molar-refractivity contribution < 1.29 is 9.50 Å². The molecule has 1 aliphatic carbocycles. The molecule has 4 rings (SSSR count). The maximum Gasteiger partial charge on any atom is 0.156 e. The summed E-state index contributed by atoms with van der Waals surface area (Å²) in [6.45, 7) is 0. The average molecular weight is 329 g/mol. The fourth-order valence-corrected chi connectivity index (χ4v) is 3.37. The number of aromatic amines is 1. The molecule has 2 aromatic rings. The van der Waals surface area contributed by atoms with Gasteiger partial charge in [0.2, 0.25) is 0 Å². The molecule has 24 heavy (non-hydrogen) atoms. The van der Waals surface area contributed by atoms with Crippen molar-refractivity contribution in [2.45, 2.75) is 44.0 Å². The molecule has 126 valence electrons. The van der Waals surface area contributed by atoms with Gasteiger partial charge in [0.25, 0.3) is 0 Å². The Labute approximate surface area is 138 Å². The van der Waals surface area contributed by atoms with Gasteiger partial charge in [-0.05, 0) is 25.0 Å². The number of pyridine rings is 1. The van der Waals surface area contributed by atoms with Crippen molar-refractivity contribution in [3.63, 3.8) is 0 Å². The van der Waals surface area contributed by atoms with Crippen molar-refractivity contribution in [2.24, 2.45) is 4.99 Å². The Balaban J connectivity index is 1.60. The van der Waals surface area contributed by atoms with Crippen LogP contribution in [-0.2, 0) is 0 Å². The van der Waals surface area contributed by atoms with Crippen LogP contribution in [0.25, 0.3) is 11.0 Å². The quantitative estimate of drug-likeness (QED) is 0.693. The van der Waals surface area contributed by atoms with Crippen LogP contribution < -0.4 is 10.6 Å². The lowest BCUT2D eigenvalue weighted by atomic mass is 9.92. The molecule has 2 aliphatic rings. The second-order valence-electron chi connectivity index (χ2n) is 6.28. The summed E-state index contributed by atoms with van der Waals surface area (Å²) < 4.78 is 14.2. The van der Waals surface area contributed by atoms with Crippen molar-refractivity contribution >= 4 is 16.9 Å². The number of aromatic nitrogens is 2. The van der Waals surface area contributed by atoms with E-state index in [0.29, 0.717) is 5.84 Å². The maximum absolute atomic E-state index is 14.2. The number of aliphatic hydroxyl groups excluding tert-OH is 1. The Kier molecular flexibility index (Phi) is 4.03. The number of amidine groups is 1. The van der Waals surface area contributed by atoms with Gasteiger partial charge < -0.3 is 15.4 Å². The fourth-order valence-electron chi connectivity index (χ4n) is 3.37. The summed E-state index contributed by atoms with van der Waals surface area (Å²) in [7, 11) is 0. The van der Waals surface area contributed by atoms with Gasteiger partial charge in [0.1, 0.15) is 11.5 Å². The summed E-state index contributed by atoms with van der Waals surface area (Å²) in [5, 5.41) is 17.1. The van der Waals surface area contributed by atoms with Gasteiger partial charge in [-0.2, -0.15) is 0 Å². The van der Waals surface area contributed by atoms with Crippen molar-refractivity contribution in [3.8, 4) is 0 Å². The van der Waals surface area contributed by atoms with Crippen LogP contribution in [0, 0.1) is 0 Å². The van der Waals surface area contributed by atoms with Crippen LogP contribution in [-0.4, -0.2) is 39.2 Å². The molecular weight excluding hydrogens is 309 g/mol. The average Bonchev–Trinajstić information content (AvgIpc) is 3.03. The number of nitrogens with zero attached hydrogens (tertiary/aromatic N) is 2. The van der Waals surface area contributed by atoms with E-state index in [4.69, 9.17) is 0 Å². The summed E-state index contributed by atoms with van der Waals surface area (Å²) in [4.78, 5) is 11.8. The number of aliphatic hydroxyl groups is 1. The molecule has 6 nitrogen and oxygen atoms in total. The van der Waals surface area contributed by atoms with Gasteiger partial charge in [0, 0.05) is 35.6 Å². The number of nitrogens with one attached hydrogen (secondary N) is 3. The van der Waals surface area contributed by atoms with E-state index in [2.05, 4.69) is 25.6 Å². The highest BCUT2D eigenvalue weighted by molar-refractivity contribution is 6.09. The van der Waals surface area contributed by atoms with Gasteiger partial charge in [0.15, 0.2) is 12.0 Å².